The van der Waals surface area contributed by atoms with E-state index in [9.17, 15) is 0 Å². The van der Waals surface area contributed by atoms with Gasteiger partial charge in [-0.15, -0.1) is 0 Å². The van der Waals surface area contributed by atoms with Crippen LogP contribution in [0.4, 0.5) is 5.69 Å². The second-order valence-corrected chi connectivity index (χ2v) is 7.90. The standard InChI is InChI=1S/C19H26N2/c1-3-13-11-21-9-8-19-15-6-4-5-7-16(15)20-18(19)12(2)14(13)10-17(19)21/h4-7,12-14,17-18,20H,3,8-11H2,1-2H3/t12-,13+,14+,17-,18-,19+/m0/s1. The minimum absolute atomic E-state index is 0.408. The molecule has 0 amide bonds. The normalized spacial score (nSPS) is 46.9. The summed E-state index contributed by atoms with van der Waals surface area (Å²) >= 11 is 0. The van der Waals surface area contributed by atoms with E-state index in [1.807, 2.05) is 0 Å². The van der Waals surface area contributed by atoms with Gasteiger partial charge in [-0.1, -0.05) is 38.5 Å². The van der Waals surface area contributed by atoms with Crippen molar-refractivity contribution in [1.82, 2.24) is 4.90 Å². The first-order valence-electron chi connectivity index (χ1n) is 8.86. The van der Waals surface area contributed by atoms with E-state index in [0.717, 1.165) is 23.8 Å². The molecule has 1 aliphatic carbocycles. The summed E-state index contributed by atoms with van der Waals surface area (Å²) in [4.78, 5) is 2.84. The predicted molar refractivity (Wildman–Crippen MR) is 86.6 cm³/mol. The first kappa shape index (κ1) is 12.5. The maximum atomic E-state index is 3.95. The molecule has 21 heavy (non-hydrogen) atoms. The first-order chi connectivity index (χ1) is 10.3. The number of piperidine rings is 1. The Labute approximate surface area is 127 Å². The Hall–Kier alpha value is -1.02. The number of anilines is 1. The predicted octanol–water partition coefficient (Wildman–Crippen LogP) is 3.49. The quantitative estimate of drug-likeness (QED) is 0.848. The molecule has 2 nitrogen and oxygen atoms in total. The molecule has 112 valence electrons. The Bertz CT molecular complexity index is 583. The van der Waals surface area contributed by atoms with Gasteiger partial charge in [0, 0.05) is 29.7 Å². The Morgan fingerprint density at radius 3 is 3.05 bits per heavy atom. The number of hydrogen-bond acceptors (Lipinski definition) is 2. The third-order valence-corrected chi connectivity index (χ3v) is 7.44. The van der Waals surface area contributed by atoms with Crippen molar-refractivity contribution < 1.29 is 0 Å². The van der Waals surface area contributed by atoms with E-state index >= 15 is 0 Å². The third kappa shape index (κ3) is 1.34. The van der Waals surface area contributed by atoms with Crippen LogP contribution in [0.5, 0.6) is 0 Å². The van der Waals surface area contributed by atoms with Crippen LogP contribution in [0.25, 0.3) is 0 Å². The highest BCUT2D eigenvalue weighted by Crippen LogP contribution is 2.61. The Morgan fingerprint density at radius 1 is 1.33 bits per heavy atom. The average molecular weight is 282 g/mol. The molecule has 1 aromatic carbocycles. The first-order valence-corrected chi connectivity index (χ1v) is 8.86. The fourth-order valence-corrected chi connectivity index (χ4v) is 6.52. The molecule has 5 rings (SSSR count). The number of fused-ring (bicyclic) bond motifs is 2. The van der Waals surface area contributed by atoms with E-state index in [0.29, 0.717) is 11.5 Å². The summed E-state index contributed by atoms with van der Waals surface area (Å²) in [6, 6.07) is 10.6. The molecule has 0 aromatic heterocycles. The molecule has 3 fully saturated rings. The zero-order chi connectivity index (χ0) is 14.2. The maximum Gasteiger partial charge on any atom is 0.0402 e. The number of rotatable bonds is 1. The molecule has 1 saturated carbocycles. The lowest BCUT2D eigenvalue weighted by molar-refractivity contribution is -0.0128. The van der Waals surface area contributed by atoms with Crippen LogP contribution >= 0.6 is 0 Å². The van der Waals surface area contributed by atoms with Gasteiger partial charge in [-0.3, -0.25) is 4.90 Å². The average Bonchev–Trinajstić information content (AvgIpc) is 3.07. The molecular weight excluding hydrogens is 256 g/mol. The van der Waals surface area contributed by atoms with Gasteiger partial charge in [0.05, 0.1) is 0 Å². The summed E-state index contributed by atoms with van der Waals surface area (Å²) in [6.07, 6.45) is 4.15. The van der Waals surface area contributed by atoms with Gasteiger partial charge in [-0.25, -0.2) is 0 Å². The van der Waals surface area contributed by atoms with Crippen LogP contribution in [0.3, 0.4) is 0 Å². The topological polar surface area (TPSA) is 15.3 Å². The maximum absolute atomic E-state index is 3.95. The second kappa shape index (κ2) is 4.04. The van der Waals surface area contributed by atoms with E-state index in [4.69, 9.17) is 0 Å². The van der Waals surface area contributed by atoms with Crippen molar-refractivity contribution in [2.24, 2.45) is 17.8 Å². The Morgan fingerprint density at radius 2 is 2.19 bits per heavy atom. The lowest BCUT2D eigenvalue weighted by Gasteiger charge is -2.56. The van der Waals surface area contributed by atoms with Gasteiger partial charge < -0.3 is 5.32 Å². The third-order valence-electron chi connectivity index (χ3n) is 7.44. The number of benzene rings is 1. The van der Waals surface area contributed by atoms with Crippen molar-refractivity contribution in [3.8, 4) is 0 Å². The van der Waals surface area contributed by atoms with Crippen molar-refractivity contribution in [1.29, 1.82) is 0 Å². The number of nitrogens with one attached hydrogen (secondary N) is 1. The van der Waals surface area contributed by atoms with Gasteiger partial charge >= 0.3 is 0 Å². The number of nitrogens with zero attached hydrogens (tertiary/aromatic N) is 1. The molecule has 6 atom stereocenters. The van der Waals surface area contributed by atoms with E-state index in [1.54, 1.807) is 5.56 Å². The zero-order valence-corrected chi connectivity index (χ0v) is 13.2. The highest BCUT2D eigenvalue weighted by atomic mass is 15.2. The van der Waals surface area contributed by atoms with Crippen molar-refractivity contribution in [2.75, 3.05) is 18.4 Å². The van der Waals surface area contributed by atoms with Crippen molar-refractivity contribution in [3.05, 3.63) is 29.8 Å². The van der Waals surface area contributed by atoms with Gasteiger partial charge in [0.2, 0.25) is 0 Å². The van der Waals surface area contributed by atoms with Crippen LogP contribution in [0, 0.1) is 17.8 Å². The summed E-state index contributed by atoms with van der Waals surface area (Å²) < 4.78 is 0. The van der Waals surface area contributed by atoms with Crippen LogP contribution in [0.15, 0.2) is 24.3 Å². The van der Waals surface area contributed by atoms with Crippen LogP contribution in [0.2, 0.25) is 0 Å². The smallest absolute Gasteiger partial charge is 0.0402 e. The monoisotopic (exact) mass is 282 g/mol. The minimum Gasteiger partial charge on any atom is -0.381 e. The van der Waals surface area contributed by atoms with Gasteiger partial charge in [0.15, 0.2) is 0 Å². The van der Waals surface area contributed by atoms with E-state index in [1.165, 1.54) is 38.0 Å². The summed E-state index contributed by atoms with van der Waals surface area (Å²) in [5.74, 6) is 2.64. The molecule has 1 aromatic rings. The Kier molecular flexibility index (Phi) is 2.41. The molecule has 4 aliphatic rings. The van der Waals surface area contributed by atoms with Crippen molar-refractivity contribution >= 4 is 5.69 Å². The number of hydrogen-bond donors (Lipinski definition) is 1. The fraction of sp³-hybridized carbons (Fsp3) is 0.684. The molecule has 2 heteroatoms. The molecular formula is C19H26N2. The number of para-hydroxylation sites is 1. The highest BCUT2D eigenvalue weighted by molar-refractivity contribution is 5.64. The zero-order valence-electron chi connectivity index (χ0n) is 13.2. The van der Waals surface area contributed by atoms with Crippen LogP contribution in [-0.4, -0.2) is 30.1 Å². The molecule has 2 saturated heterocycles. The molecule has 3 aliphatic heterocycles. The van der Waals surface area contributed by atoms with Crippen molar-refractivity contribution in [2.45, 2.75) is 50.6 Å². The summed E-state index contributed by atoms with van der Waals surface area (Å²) in [5, 5.41) is 3.95. The van der Waals surface area contributed by atoms with Crippen LogP contribution in [-0.2, 0) is 5.41 Å². The Balaban J connectivity index is 1.68. The van der Waals surface area contributed by atoms with E-state index < -0.39 is 0 Å². The largest absolute Gasteiger partial charge is 0.381 e. The lowest BCUT2D eigenvalue weighted by atomic mass is 9.55. The summed E-state index contributed by atoms with van der Waals surface area (Å²) in [6.45, 7) is 7.59. The van der Waals surface area contributed by atoms with Gasteiger partial charge in [0.1, 0.15) is 0 Å². The molecule has 2 bridgehead atoms. The van der Waals surface area contributed by atoms with Gasteiger partial charge in [-0.2, -0.15) is 0 Å². The molecule has 1 N–H and O–H groups in total. The van der Waals surface area contributed by atoms with Crippen molar-refractivity contribution in [3.63, 3.8) is 0 Å². The molecule has 0 radical (unpaired) electrons. The van der Waals surface area contributed by atoms with E-state index in [-0.39, 0.29) is 0 Å². The van der Waals surface area contributed by atoms with Crippen LogP contribution in [0.1, 0.15) is 38.7 Å². The molecule has 0 unspecified atom stereocenters. The molecule has 1 spiro atoms. The second-order valence-electron chi connectivity index (χ2n) is 7.90. The summed E-state index contributed by atoms with van der Waals surface area (Å²) in [5.41, 5.74) is 3.46. The summed E-state index contributed by atoms with van der Waals surface area (Å²) in [7, 11) is 0. The van der Waals surface area contributed by atoms with Crippen LogP contribution < -0.4 is 5.32 Å². The highest BCUT2D eigenvalue weighted by Gasteiger charge is 2.64. The SMILES string of the molecule is CC[C@@H]1CN2CC[C@]34c5ccccc5N[C@H]3[C@@H](C)[C@H]1C[C@H]24. The van der Waals surface area contributed by atoms with Gasteiger partial charge in [-0.05, 0) is 48.8 Å². The van der Waals surface area contributed by atoms with E-state index in [2.05, 4.69) is 48.3 Å². The minimum atomic E-state index is 0.408. The fourth-order valence-electron chi connectivity index (χ4n) is 6.52. The van der Waals surface area contributed by atoms with Gasteiger partial charge in [0.25, 0.3) is 0 Å². The lowest BCUT2D eigenvalue weighted by Crippen LogP contribution is -2.63. The molecule has 3 heterocycles.